The molecule has 0 amide bonds. The van der Waals surface area contributed by atoms with E-state index >= 15 is 0 Å². The number of methoxy groups -OCH3 is 2. The zero-order valence-electron chi connectivity index (χ0n) is 33.2. The maximum absolute atomic E-state index is 12.7. The first-order valence-corrected chi connectivity index (χ1v) is 20.0. The number of nitrogen functional groups attached to an aromatic ring is 2. The second kappa shape index (κ2) is 17.7. The SMILES string of the molecule is CCCCc1nn(-c2cc(-n3nc(CCCC)c(/N=N/c4c(C(=O)OC)cnn4-c4nnc(C)s4)c3N)ncn2)c(N)c1/N=N/c1c(C(=O)OC)cnn1-c1nnc(C)s1. The van der Waals surface area contributed by atoms with Crippen molar-refractivity contribution in [1.29, 1.82) is 0 Å². The fourth-order valence-electron chi connectivity index (χ4n) is 5.70. The highest BCUT2D eigenvalue weighted by atomic mass is 32.1. The minimum absolute atomic E-state index is 0.0612. The average Bonchev–Trinajstić information content (AvgIpc) is 4.12. The minimum atomic E-state index is -0.666. The maximum Gasteiger partial charge on any atom is 0.343 e. The minimum Gasteiger partial charge on any atom is -0.465 e. The van der Waals surface area contributed by atoms with Crippen molar-refractivity contribution in [1.82, 2.24) is 69.5 Å². The van der Waals surface area contributed by atoms with E-state index in [0.717, 1.165) is 25.7 Å². The lowest BCUT2D eigenvalue weighted by molar-refractivity contribution is 0.0592. The monoisotopic (exact) mass is 854 g/mol. The summed E-state index contributed by atoms with van der Waals surface area (Å²) in [6.45, 7) is 7.68. The van der Waals surface area contributed by atoms with Crippen LogP contribution in [0.4, 0.5) is 34.6 Å². The molecule has 0 atom stereocenters. The van der Waals surface area contributed by atoms with Gasteiger partial charge < -0.3 is 20.9 Å². The number of nitrogens with two attached hydrogens (primary N) is 2. The quantitative estimate of drug-likeness (QED) is 0.0858. The highest BCUT2D eigenvalue weighted by Gasteiger charge is 2.26. The van der Waals surface area contributed by atoms with Crippen molar-refractivity contribution in [3.05, 3.63) is 57.3 Å². The van der Waals surface area contributed by atoms with Crippen molar-refractivity contribution >= 4 is 69.3 Å². The van der Waals surface area contributed by atoms with E-state index in [0.29, 0.717) is 44.5 Å². The fourth-order valence-corrected chi connectivity index (χ4v) is 7.00. The number of hydrogen-bond donors (Lipinski definition) is 2. The van der Waals surface area contributed by atoms with Crippen molar-refractivity contribution in [2.24, 2.45) is 20.5 Å². The Labute approximate surface area is 348 Å². The Kier molecular flexibility index (Phi) is 12.1. The molecule has 7 aromatic rings. The van der Waals surface area contributed by atoms with Crippen molar-refractivity contribution in [3.8, 4) is 21.9 Å². The van der Waals surface area contributed by atoms with E-state index in [1.807, 2.05) is 13.8 Å². The molecule has 0 saturated heterocycles. The van der Waals surface area contributed by atoms with Gasteiger partial charge in [0.25, 0.3) is 0 Å². The van der Waals surface area contributed by atoms with Crippen LogP contribution in [0.2, 0.25) is 0 Å². The van der Waals surface area contributed by atoms with Crippen LogP contribution in [0.5, 0.6) is 0 Å². The number of hydrogen-bond acceptors (Lipinski definition) is 22. The van der Waals surface area contributed by atoms with Gasteiger partial charge in [-0.3, -0.25) is 0 Å². The van der Waals surface area contributed by atoms with E-state index in [-0.39, 0.29) is 57.4 Å². The van der Waals surface area contributed by atoms with Gasteiger partial charge in [-0.25, -0.2) is 19.6 Å². The number of aromatic nitrogens is 14. The summed E-state index contributed by atoms with van der Waals surface area (Å²) < 4.78 is 15.5. The first kappa shape index (κ1) is 41.0. The molecule has 4 N–H and O–H groups in total. The van der Waals surface area contributed by atoms with Crippen LogP contribution < -0.4 is 11.5 Å². The number of anilines is 2. The molecule has 0 bridgehead atoms. The summed E-state index contributed by atoms with van der Waals surface area (Å²) >= 11 is 2.51. The summed E-state index contributed by atoms with van der Waals surface area (Å²) in [7, 11) is 2.51. The summed E-state index contributed by atoms with van der Waals surface area (Å²) in [5, 5.41) is 54.5. The van der Waals surface area contributed by atoms with Gasteiger partial charge >= 0.3 is 11.9 Å². The maximum atomic E-state index is 12.7. The first-order chi connectivity index (χ1) is 29.1. The second-order valence-electron chi connectivity index (χ2n) is 12.8. The molecule has 7 heterocycles. The zero-order valence-corrected chi connectivity index (χ0v) is 34.8. The smallest absolute Gasteiger partial charge is 0.343 e. The third kappa shape index (κ3) is 8.08. The molecule has 24 nitrogen and oxygen atoms in total. The van der Waals surface area contributed by atoms with Crippen LogP contribution in [0.1, 0.15) is 81.6 Å². The molecule has 0 fully saturated rings. The topological polar surface area (TPSA) is 303 Å². The number of azo groups is 2. The summed E-state index contributed by atoms with van der Waals surface area (Å²) in [5.41, 5.74) is 15.2. The molecule has 0 aliphatic rings. The van der Waals surface area contributed by atoms with Crippen LogP contribution in [0.25, 0.3) is 21.9 Å². The Bertz CT molecular complexity index is 2560. The third-order valence-electron chi connectivity index (χ3n) is 8.72. The number of carbonyl (C=O) groups excluding carboxylic acids is 2. The van der Waals surface area contributed by atoms with Gasteiger partial charge in [0, 0.05) is 6.07 Å². The number of nitrogens with zero attached hydrogens (tertiary/aromatic N) is 18. The van der Waals surface area contributed by atoms with Crippen molar-refractivity contribution in [2.75, 3.05) is 25.7 Å². The molecular weight excluding hydrogens is 817 g/mol. The molecule has 0 aromatic carbocycles. The Morgan fingerprint density at radius 3 is 1.47 bits per heavy atom. The van der Waals surface area contributed by atoms with Crippen LogP contribution in [0, 0.1) is 13.8 Å². The zero-order chi connectivity index (χ0) is 42.5. The second-order valence-corrected chi connectivity index (χ2v) is 15.1. The number of unbranched alkanes of at least 4 members (excludes halogenated alkanes) is 2. The molecular formula is C34H38N20O4S2. The average molecular weight is 855 g/mol. The van der Waals surface area contributed by atoms with Crippen molar-refractivity contribution < 1.29 is 19.1 Å². The van der Waals surface area contributed by atoms with Gasteiger partial charge in [0.1, 0.15) is 27.5 Å². The predicted octanol–water partition coefficient (Wildman–Crippen LogP) is 5.79. The lowest BCUT2D eigenvalue weighted by Gasteiger charge is -2.06. The van der Waals surface area contributed by atoms with E-state index in [9.17, 15) is 9.59 Å². The molecule has 60 heavy (non-hydrogen) atoms. The van der Waals surface area contributed by atoms with Gasteiger partial charge in [0.15, 0.2) is 46.3 Å². The first-order valence-electron chi connectivity index (χ1n) is 18.4. The van der Waals surface area contributed by atoms with Crippen LogP contribution in [-0.4, -0.2) is 95.6 Å². The number of aryl methyl sites for hydroxylation is 4. The van der Waals surface area contributed by atoms with Gasteiger partial charge in [-0.1, -0.05) is 49.4 Å². The summed E-state index contributed by atoms with van der Waals surface area (Å²) in [5.74, 6) is -0.426. The van der Waals surface area contributed by atoms with E-state index in [1.54, 1.807) is 19.9 Å². The Hall–Kier alpha value is -7.22. The molecule has 0 unspecified atom stereocenters. The van der Waals surface area contributed by atoms with Gasteiger partial charge in [0.05, 0.1) is 38.0 Å². The number of carbonyl (C=O) groups is 2. The van der Waals surface area contributed by atoms with Crippen molar-refractivity contribution in [2.45, 2.75) is 66.2 Å². The largest absolute Gasteiger partial charge is 0.465 e. The lowest BCUT2D eigenvalue weighted by atomic mass is 10.2. The summed E-state index contributed by atoms with van der Waals surface area (Å²) in [6, 6.07) is 1.60. The number of ether oxygens (including phenoxy) is 2. The third-order valence-corrected chi connectivity index (χ3v) is 10.3. The molecule has 7 aromatic heterocycles. The van der Waals surface area contributed by atoms with E-state index in [4.69, 9.17) is 31.1 Å². The standard InChI is InChI=1S/C34H38N20O4S2/c1-7-9-11-21-25(43-45-29-19(31(55)57-5)14-39-53(29)33-47-41-17(3)59-33)27(35)51(49-21)23-13-24(38-16-37-23)52-28(36)26(22(50-52)12-10-8-2)44-46-30-20(32(56)58-6)15-40-54(30)34-48-42-18(4)60-34/h13-16H,7-12,35-36H2,1-6H3/b45-43+,46-44+. The highest BCUT2D eigenvalue weighted by Crippen LogP contribution is 2.36. The molecule has 0 aliphatic heterocycles. The summed E-state index contributed by atoms with van der Waals surface area (Å²) in [6.07, 6.45) is 8.25. The van der Waals surface area contributed by atoms with Crippen LogP contribution >= 0.6 is 22.7 Å². The number of rotatable bonds is 16. The van der Waals surface area contributed by atoms with Crippen LogP contribution in [-0.2, 0) is 22.3 Å². The number of esters is 2. The molecule has 0 radical (unpaired) electrons. The van der Waals surface area contributed by atoms with Crippen molar-refractivity contribution in [3.63, 3.8) is 0 Å². The normalized spacial score (nSPS) is 11.7. The molecule has 310 valence electrons. The van der Waals surface area contributed by atoms with Gasteiger partial charge in [0.2, 0.25) is 10.3 Å². The van der Waals surface area contributed by atoms with Gasteiger partial charge in [-0.2, -0.15) is 39.1 Å². The fraction of sp³-hybridized carbons (Fsp3) is 0.353. The molecule has 0 aliphatic carbocycles. The van der Waals surface area contributed by atoms with Gasteiger partial charge in [-0.15, -0.1) is 40.9 Å². The highest BCUT2D eigenvalue weighted by molar-refractivity contribution is 7.13. The van der Waals surface area contributed by atoms with Gasteiger partial charge in [-0.05, 0) is 39.5 Å². The van der Waals surface area contributed by atoms with Crippen LogP contribution in [0.3, 0.4) is 0 Å². The Morgan fingerprint density at radius 2 is 1.10 bits per heavy atom. The molecule has 0 spiro atoms. The van der Waals surface area contributed by atoms with E-state index in [1.165, 1.54) is 74.3 Å². The van der Waals surface area contributed by atoms with E-state index < -0.39 is 11.9 Å². The van der Waals surface area contributed by atoms with Crippen LogP contribution in [0.15, 0.2) is 45.2 Å². The summed E-state index contributed by atoms with van der Waals surface area (Å²) in [4.78, 5) is 34.3. The molecule has 7 rings (SSSR count). The predicted molar refractivity (Wildman–Crippen MR) is 217 cm³/mol. The van der Waals surface area contributed by atoms with E-state index in [2.05, 4.69) is 61.0 Å². The Balaban J connectivity index is 1.28. The molecule has 26 heteroatoms. The lowest BCUT2D eigenvalue weighted by Crippen LogP contribution is -2.09. The Morgan fingerprint density at radius 1 is 0.667 bits per heavy atom. The molecule has 0 saturated carbocycles.